The predicted molar refractivity (Wildman–Crippen MR) is 111 cm³/mol. The number of amides is 1. The maximum atomic E-state index is 11.7. The summed E-state index contributed by atoms with van der Waals surface area (Å²) in [4.78, 5) is 11.7. The Morgan fingerprint density at radius 2 is 1.67 bits per heavy atom. The van der Waals surface area contributed by atoms with Crippen LogP contribution in [0, 0.1) is 13.8 Å². The summed E-state index contributed by atoms with van der Waals surface area (Å²) in [6.07, 6.45) is 1.72. The molecule has 0 fully saturated rings. The number of rotatable bonds is 6. The van der Waals surface area contributed by atoms with Crippen molar-refractivity contribution in [2.75, 3.05) is 0 Å². The summed E-state index contributed by atoms with van der Waals surface area (Å²) in [6, 6.07) is 14.7. The van der Waals surface area contributed by atoms with E-state index in [0.717, 1.165) is 22.0 Å². The maximum absolute atomic E-state index is 11.7. The van der Waals surface area contributed by atoms with E-state index in [0.29, 0.717) is 6.42 Å². The molecule has 1 N–H and O–H groups in total. The van der Waals surface area contributed by atoms with E-state index < -0.39 is 0 Å². The van der Waals surface area contributed by atoms with E-state index in [2.05, 4.69) is 78.7 Å². The van der Waals surface area contributed by atoms with Gasteiger partial charge in [0, 0.05) is 12.5 Å². The number of hydrogen-bond donors (Lipinski definition) is 1. The number of nitrogens with zero attached hydrogens (tertiary/aromatic N) is 2. The van der Waals surface area contributed by atoms with Gasteiger partial charge in [0.05, 0.1) is 6.04 Å². The molecule has 27 heavy (non-hydrogen) atoms. The molecule has 4 nitrogen and oxygen atoms in total. The SMILES string of the molecule is CCc1ccc(CC(NC(C)=O)c2nnc(-c3cc(C)cc(C)c3)s2)cc1. The summed E-state index contributed by atoms with van der Waals surface area (Å²) < 4.78 is 0. The van der Waals surface area contributed by atoms with Gasteiger partial charge in [-0.3, -0.25) is 4.79 Å². The lowest BCUT2D eigenvalue weighted by atomic mass is 10.0. The lowest BCUT2D eigenvalue weighted by Crippen LogP contribution is -2.27. The highest BCUT2D eigenvalue weighted by molar-refractivity contribution is 7.14. The molecule has 5 heteroatoms. The second-order valence-corrected chi connectivity index (χ2v) is 7.96. The van der Waals surface area contributed by atoms with Crippen LogP contribution in [-0.4, -0.2) is 16.1 Å². The van der Waals surface area contributed by atoms with Crippen molar-refractivity contribution < 1.29 is 4.79 Å². The van der Waals surface area contributed by atoms with Crippen LogP contribution >= 0.6 is 11.3 Å². The van der Waals surface area contributed by atoms with Gasteiger partial charge in [0.2, 0.25) is 5.91 Å². The topological polar surface area (TPSA) is 54.9 Å². The molecule has 1 unspecified atom stereocenters. The Labute approximate surface area is 164 Å². The van der Waals surface area contributed by atoms with Gasteiger partial charge in [-0.15, -0.1) is 10.2 Å². The van der Waals surface area contributed by atoms with E-state index in [4.69, 9.17) is 0 Å². The highest BCUT2D eigenvalue weighted by Crippen LogP contribution is 2.29. The number of carbonyl (C=O) groups is 1. The average Bonchev–Trinajstić information content (AvgIpc) is 3.11. The summed E-state index contributed by atoms with van der Waals surface area (Å²) in [7, 11) is 0. The van der Waals surface area contributed by atoms with E-state index in [-0.39, 0.29) is 11.9 Å². The lowest BCUT2D eigenvalue weighted by Gasteiger charge is -2.15. The Balaban J connectivity index is 1.86. The first kappa shape index (κ1) is 19.2. The van der Waals surface area contributed by atoms with Crippen LogP contribution in [0.2, 0.25) is 0 Å². The highest BCUT2D eigenvalue weighted by Gasteiger charge is 2.19. The zero-order valence-corrected chi connectivity index (χ0v) is 17.1. The smallest absolute Gasteiger partial charge is 0.217 e. The van der Waals surface area contributed by atoms with E-state index in [1.54, 1.807) is 18.3 Å². The van der Waals surface area contributed by atoms with Gasteiger partial charge in [-0.2, -0.15) is 0 Å². The second kappa shape index (κ2) is 8.44. The first-order valence-corrected chi connectivity index (χ1v) is 10.0. The van der Waals surface area contributed by atoms with Crippen molar-refractivity contribution in [1.82, 2.24) is 15.5 Å². The second-order valence-electron chi connectivity index (χ2n) is 6.95. The normalized spacial score (nSPS) is 12.0. The third-order valence-electron chi connectivity index (χ3n) is 4.46. The van der Waals surface area contributed by atoms with E-state index >= 15 is 0 Å². The fourth-order valence-electron chi connectivity index (χ4n) is 3.18. The third kappa shape index (κ3) is 5.01. The zero-order valence-electron chi connectivity index (χ0n) is 16.2. The quantitative estimate of drug-likeness (QED) is 0.669. The minimum Gasteiger partial charge on any atom is -0.347 e. The van der Waals surface area contributed by atoms with Crippen molar-refractivity contribution in [3.05, 3.63) is 69.7 Å². The maximum Gasteiger partial charge on any atom is 0.217 e. The van der Waals surface area contributed by atoms with Gasteiger partial charge >= 0.3 is 0 Å². The number of hydrogen-bond acceptors (Lipinski definition) is 4. The van der Waals surface area contributed by atoms with E-state index in [1.807, 2.05) is 0 Å². The number of aryl methyl sites for hydroxylation is 3. The molecule has 0 aliphatic rings. The largest absolute Gasteiger partial charge is 0.347 e. The molecule has 3 aromatic rings. The number of carbonyl (C=O) groups excluding carboxylic acids is 1. The summed E-state index contributed by atoms with van der Waals surface area (Å²) in [5.41, 5.74) is 5.97. The zero-order chi connectivity index (χ0) is 19.4. The molecule has 140 valence electrons. The van der Waals surface area contributed by atoms with Gasteiger partial charge in [0.25, 0.3) is 0 Å². The molecule has 0 saturated heterocycles. The Morgan fingerprint density at radius 1 is 1.04 bits per heavy atom. The fourth-order valence-corrected chi connectivity index (χ4v) is 4.06. The third-order valence-corrected chi connectivity index (χ3v) is 5.54. The van der Waals surface area contributed by atoms with Crippen LogP contribution < -0.4 is 5.32 Å². The van der Waals surface area contributed by atoms with Crippen LogP contribution in [0.15, 0.2) is 42.5 Å². The molecule has 2 aromatic carbocycles. The molecule has 1 amide bonds. The Bertz CT molecular complexity index is 911. The molecule has 3 rings (SSSR count). The summed E-state index contributed by atoms with van der Waals surface area (Å²) in [6.45, 7) is 7.85. The van der Waals surface area contributed by atoms with Gasteiger partial charge in [-0.05, 0) is 49.9 Å². The van der Waals surface area contributed by atoms with Crippen molar-refractivity contribution >= 4 is 17.2 Å². The molecule has 0 aliphatic heterocycles. The molecule has 1 heterocycles. The summed E-state index contributed by atoms with van der Waals surface area (Å²) >= 11 is 1.54. The van der Waals surface area contributed by atoms with E-state index in [9.17, 15) is 4.79 Å². The summed E-state index contributed by atoms with van der Waals surface area (Å²) in [5, 5.41) is 13.5. The number of benzene rings is 2. The molecule has 0 spiro atoms. The van der Waals surface area contributed by atoms with Gasteiger partial charge in [0.15, 0.2) is 0 Å². The number of aromatic nitrogens is 2. The predicted octanol–water partition coefficient (Wildman–Crippen LogP) is 4.80. The molecule has 0 radical (unpaired) electrons. The molecule has 0 aliphatic carbocycles. The van der Waals surface area contributed by atoms with Crippen LogP contribution in [-0.2, 0) is 17.6 Å². The van der Waals surface area contributed by atoms with Crippen molar-refractivity contribution in [3.8, 4) is 10.6 Å². The minimum atomic E-state index is -0.174. The van der Waals surface area contributed by atoms with Gasteiger partial charge < -0.3 is 5.32 Å². The average molecular weight is 380 g/mol. The van der Waals surface area contributed by atoms with E-state index in [1.165, 1.54) is 22.3 Å². The Hall–Kier alpha value is -2.53. The van der Waals surface area contributed by atoms with Gasteiger partial charge in [0.1, 0.15) is 10.0 Å². The van der Waals surface area contributed by atoms with Crippen molar-refractivity contribution in [1.29, 1.82) is 0 Å². The number of nitrogens with one attached hydrogen (secondary N) is 1. The summed E-state index contributed by atoms with van der Waals surface area (Å²) in [5.74, 6) is -0.0617. The van der Waals surface area contributed by atoms with Gasteiger partial charge in [-0.25, -0.2) is 0 Å². The first-order chi connectivity index (χ1) is 12.9. The molecular weight excluding hydrogens is 354 g/mol. The first-order valence-electron chi connectivity index (χ1n) is 9.21. The van der Waals surface area contributed by atoms with Crippen molar-refractivity contribution in [3.63, 3.8) is 0 Å². The molecule has 1 atom stereocenters. The monoisotopic (exact) mass is 379 g/mol. The minimum absolute atomic E-state index is 0.0617. The Morgan fingerprint density at radius 3 is 2.26 bits per heavy atom. The fraction of sp³-hybridized carbons (Fsp3) is 0.318. The van der Waals surface area contributed by atoms with Crippen LogP contribution in [0.25, 0.3) is 10.6 Å². The Kier molecular flexibility index (Phi) is 6.01. The van der Waals surface area contributed by atoms with Crippen molar-refractivity contribution in [2.45, 2.75) is 46.6 Å². The van der Waals surface area contributed by atoms with Crippen LogP contribution in [0.5, 0.6) is 0 Å². The van der Waals surface area contributed by atoms with Crippen molar-refractivity contribution in [2.24, 2.45) is 0 Å². The van der Waals surface area contributed by atoms with Crippen LogP contribution in [0.3, 0.4) is 0 Å². The standard InChI is InChI=1S/C22H25N3OS/c1-5-17-6-8-18(9-7-17)13-20(23-16(4)26)22-25-24-21(27-22)19-11-14(2)10-15(3)12-19/h6-12,20H,5,13H2,1-4H3,(H,23,26). The van der Waals surface area contributed by atoms with Crippen LogP contribution in [0.1, 0.15) is 47.2 Å². The molecule has 1 aromatic heterocycles. The van der Waals surface area contributed by atoms with Gasteiger partial charge in [-0.1, -0.05) is 59.7 Å². The lowest BCUT2D eigenvalue weighted by molar-refractivity contribution is -0.119. The molecule has 0 saturated carbocycles. The molecule has 0 bridgehead atoms. The van der Waals surface area contributed by atoms with Crippen LogP contribution in [0.4, 0.5) is 0 Å². The highest BCUT2D eigenvalue weighted by atomic mass is 32.1. The molecular formula is C22H25N3OS.